The van der Waals surface area contributed by atoms with E-state index in [0.29, 0.717) is 11.4 Å². The minimum Gasteiger partial charge on any atom is -0.330 e. The molecule has 1 heterocycles. The number of aromatic nitrogens is 2. The average Bonchev–Trinajstić information content (AvgIpc) is 3.03. The van der Waals surface area contributed by atoms with Crippen LogP contribution in [-0.4, -0.2) is 23.7 Å². The molecule has 2 aromatic carbocycles. The molecule has 0 unspecified atom stereocenters. The maximum absolute atomic E-state index is 12.3. The standard InChI is InChI=1S/C17H16N2O2S/c20-22(21,16-9-5-2-6-10-16)14-13-19-12-11-18-17(19)15-7-3-1-4-8-15/h1-12H,13-14H2. The van der Waals surface area contributed by atoms with Gasteiger partial charge in [-0.1, -0.05) is 48.5 Å². The van der Waals surface area contributed by atoms with Gasteiger partial charge in [0, 0.05) is 24.5 Å². The Bertz CT molecular complexity index is 841. The van der Waals surface area contributed by atoms with Gasteiger partial charge in [-0.25, -0.2) is 13.4 Å². The summed E-state index contributed by atoms with van der Waals surface area (Å²) in [6, 6.07) is 18.3. The van der Waals surface area contributed by atoms with Gasteiger partial charge in [0.15, 0.2) is 9.84 Å². The van der Waals surface area contributed by atoms with Crippen LogP contribution < -0.4 is 0 Å². The molecule has 0 bridgehead atoms. The number of nitrogens with zero attached hydrogens (tertiary/aromatic N) is 2. The van der Waals surface area contributed by atoms with Crippen molar-refractivity contribution in [2.75, 3.05) is 5.75 Å². The minimum absolute atomic E-state index is 0.0488. The van der Waals surface area contributed by atoms with E-state index in [9.17, 15) is 8.42 Å². The Morgan fingerprint density at radius 3 is 2.23 bits per heavy atom. The lowest BCUT2D eigenvalue weighted by molar-refractivity contribution is 0.589. The quantitative estimate of drug-likeness (QED) is 0.727. The monoisotopic (exact) mass is 312 g/mol. The molecule has 0 saturated heterocycles. The number of imidazole rings is 1. The van der Waals surface area contributed by atoms with Crippen LogP contribution >= 0.6 is 0 Å². The van der Waals surface area contributed by atoms with Crippen molar-refractivity contribution in [2.24, 2.45) is 0 Å². The van der Waals surface area contributed by atoms with E-state index in [2.05, 4.69) is 4.98 Å². The summed E-state index contributed by atoms with van der Waals surface area (Å²) in [5, 5.41) is 0. The number of hydrogen-bond acceptors (Lipinski definition) is 3. The third-order valence-corrected chi connectivity index (χ3v) is 5.16. The van der Waals surface area contributed by atoms with Crippen molar-refractivity contribution in [3.63, 3.8) is 0 Å². The molecule has 0 aliphatic carbocycles. The molecule has 0 N–H and O–H groups in total. The molecule has 3 aromatic rings. The summed E-state index contributed by atoms with van der Waals surface area (Å²) in [6.07, 6.45) is 3.50. The summed E-state index contributed by atoms with van der Waals surface area (Å²) in [5.74, 6) is 0.830. The van der Waals surface area contributed by atoms with Crippen molar-refractivity contribution in [1.82, 2.24) is 9.55 Å². The molecule has 22 heavy (non-hydrogen) atoms. The zero-order valence-corrected chi connectivity index (χ0v) is 12.8. The number of aryl methyl sites for hydroxylation is 1. The lowest BCUT2D eigenvalue weighted by Crippen LogP contribution is -2.13. The highest BCUT2D eigenvalue weighted by molar-refractivity contribution is 7.91. The van der Waals surface area contributed by atoms with Gasteiger partial charge in [0.25, 0.3) is 0 Å². The normalized spacial score (nSPS) is 11.5. The van der Waals surface area contributed by atoms with E-state index < -0.39 is 9.84 Å². The molecule has 0 saturated carbocycles. The highest BCUT2D eigenvalue weighted by Crippen LogP contribution is 2.18. The van der Waals surface area contributed by atoms with Crippen LogP contribution in [0.25, 0.3) is 11.4 Å². The summed E-state index contributed by atoms with van der Waals surface area (Å²) >= 11 is 0. The van der Waals surface area contributed by atoms with Crippen molar-refractivity contribution < 1.29 is 8.42 Å². The third-order valence-electron chi connectivity index (χ3n) is 3.45. The molecule has 1 aromatic heterocycles. The summed E-state index contributed by atoms with van der Waals surface area (Å²) in [5.41, 5.74) is 0.976. The van der Waals surface area contributed by atoms with Gasteiger partial charge in [0.2, 0.25) is 0 Å². The van der Waals surface area contributed by atoms with Crippen LogP contribution in [0, 0.1) is 0 Å². The summed E-state index contributed by atoms with van der Waals surface area (Å²) < 4.78 is 26.6. The lowest BCUT2D eigenvalue weighted by atomic mass is 10.2. The van der Waals surface area contributed by atoms with Gasteiger partial charge in [-0.05, 0) is 12.1 Å². The van der Waals surface area contributed by atoms with E-state index in [-0.39, 0.29) is 5.75 Å². The first-order chi connectivity index (χ1) is 10.7. The van der Waals surface area contributed by atoms with Gasteiger partial charge in [-0.15, -0.1) is 0 Å². The van der Waals surface area contributed by atoms with Crippen LogP contribution in [0.15, 0.2) is 78.0 Å². The van der Waals surface area contributed by atoms with E-state index in [1.165, 1.54) is 0 Å². The molecular weight excluding hydrogens is 296 g/mol. The van der Waals surface area contributed by atoms with E-state index in [0.717, 1.165) is 11.4 Å². The zero-order valence-electron chi connectivity index (χ0n) is 12.0. The van der Waals surface area contributed by atoms with Gasteiger partial charge in [-0.3, -0.25) is 0 Å². The summed E-state index contributed by atoms with van der Waals surface area (Å²) in [6.45, 7) is 0.376. The first kappa shape index (κ1) is 14.5. The second-order valence-electron chi connectivity index (χ2n) is 4.94. The second kappa shape index (κ2) is 6.15. The first-order valence-corrected chi connectivity index (χ1v) is 8.66. The SMILES string of the molecule is O=S(=O)(CCn1ccnc1-c1ccccc1)c1ccccc1. The largest absolute Gasteiger partial charge is 0.330 e. The predicted octanol–water partition coefficient (Wildman–Crippen LogP) is 3.02. The van der Waals surface area contributed by atoms with E-state index in [1.807, 2.05) is 47.2 Å². The van der Waals surface area contributed by atoms with Crippen LogP contribution in [0.4, 0.5) is 0 Å². The Hall–Kier alpha value is -2.40. The fourth-order valence-corrected chi connectivity index (χ4v) is 3.55. The second-order valence-corrected chi connectivity index (χ2v) is 7.05. The van der Waals surface area contributed by atoms with Crippen LogP contribution in [-0.2, 0) is 16.4 Å². The number of benzene rings is 2. The molecule has 5 heteroatoms. The maximum Gasteiger partial charge on any atom is 0.180 e. The van der Waals surface area contributed by atoms with Gasteiger partial charge in [0.05, 0.1) is 10.6 Å². The van der Waals surface area contributed by atoms with Gasteiger partial charge in [-0.2, -0.15) is 0 Å². The van der Waals surface area contributed by atoms with Crippen LogP contribution in [0.1, 0.15) is 0 Å². The molecule has 0 aliphatic heterocycles. The molecule has 3 rings (SSSR count). The third kappa shape index (κ3) is 3.09. The maximum atomic E-state index is 12.3. The Morgan fingerprint density at radius 1 is 0.909 bits per heavy atom. The Labute approximate surface area is 130 Å². The van der Waals surface area contributed by atoms with E-state index in [1.54, 1.807) is 30.5 Å². The van der Waals surface area contributed by atoms with E-state index >= 15 is 0 Å². The molecule has 0 atom stereocenters. The molecule has 4 nitrogen and oxygen atoms in total. The van der Waals surface area contributed by atoms with E-state index in [4.69, 9.17) is 0 Å². The molecule has 112 valence electrons. The molecular formula is C17H16N2O2S. The highest BCUT2D eigenvalue weighted by atomic mass is 32.2. The van der Waals surface area contributed by atoms with Gasteiger partial charge in [0.1, 0.15) is 5.82 Å². The highest BCUT2D eigenvalue weighted by Gasteiger charge is 2.15. The van der Waals surface area contributed by atoms with Crippen LogP contribution in [0.3, 0.4) is 0 Å². The average molecular weight is 312 g/mol. The molecule has 0 radical (unpaired) electrons. The molecule has 0 fully saturated rings. The molecule has 0 aliphatic rings. The summed E-state index contributed by atoms with van der Waals surface area (Å²) in [7, 11) is -3.28. The Kier molecular flexibility index (Phi) is 4.06. The van der Waals surface area contributed by atoms with Gasteiger partial charge >= 0.3 is 0 Å². The molecule has 0 spiro atoms. The van der Waals surface area contributed by atoms with Crippen molar-refractivity contribution in [1.29, 1.82) is 0 Å². The zero-order chi connectivity index (χ0) is 15.4. The van der Waals surface area contributed by atoms with Crippen molar-refractivity contribution in [2.45, 2.75) is 11.4 Å². The first-order valence-electron chi connectivity index (χ1n) is 7.01. The topological polar surface area (TPSA) is 52.0 Å². The fraction of sp³-hybridized carbons (Fsp3) is 0.118. The lowest BCUT2D eigenvalue weighted by Gasteiger charge is -2.09. The van der Waals surface area contributed by atoms with Gasteiger partial charge < -0.3 is 4.57 Å². The summed E-state index contributed by atoms with van der Waals surface area (Å²) in [4.78, 5) is 4.69. The minimum atomic E-state index is -3.28. The Balaban J connectivity index is 1.80. The van der Waals surface area contributed by atoms with Crippen LogP contribution in [0.2, 0.25) is 0 Å². The fourth-order valence-electron chi connectivity index (χ4n) is 2.30. The van der Waals surface area contributed by atoms with Crippen molar-refractivity contribution in [3.8, 4) is 11.4 Å². The van der Waals surface area contributed by atoms with Crippen LogP contribution in [0.5, 0.6) is 0 Å². The molecule has 0 amide bonds. The smallest absolute Gasteiger partial charge is 0.180 e. The van der Waals surface area contributed by atoms with Crippen molar-refractivity contribution >= 4 is 9.84 Å². The number of rotatable bonds is 5. The predicted molar refractivity (Wildman–Crippen MR) is 86.2 cm³/mol. The number of sulfone groups is 1. The Morgan fingerprint density at radius 2 is 1.55 bits per heavy atom. The number of hydrogen-bond donors (Lipinski definition) is 0. The van der Waals surface area contributed by atoms with Crippen molar-refractivity contribution in [3.05, 3.63) is 73.1 Å².